The van der Waals surface area contributed by atoms with Crippen molar-refractivity contribution in [3.63, 3.8) is 0 Å². The van der Waals surface area contributed by atoms with Crippen molar-refractivity contribution in [1.29, 1.82) is 0 Å². The van der Waals surface area contributed by atoms with Crippen molar-refractivity contribution in [1.82, 2.24) is 10.3 Å². The number of hydrogen-bond donors (Lipinski definition) is 5. The summed E-state index contributed by atoms with van der Waals surface area (Å²) in [6.45, 7) is 1.20. The van der Waals surface area contributed by atoms with E-state index in [-0.39, 0.29) is 12.5 Å². The van der Waals surface area contributed by atoms with E-state index in [1.165, 1.54) is 0 Å². The van der Waals surface area contributed by atoms with Crippen LogP contribution in [0.25, 0.3) is 22.8 Å². The molecule has 3 aromatic rings. The van der Waals surface area contributed by atoms with Crippen molar-refractivity contribution in [3.05, 3.63) is 71.0 Å². The van der Waals surface area contributed by atoms with Gasteiger partial charge in [0, 0.05) is 40.3 Å². The molecule has 8 nitrogen and oxygen atoms in total. The van der Waals surface area contributed by atoms with Gasteiger partial charge in [0.05, 0.1) is 31.0 Å². The highest BCUT2D eigenvalue weighted by molar-refractivity contribution is 6.35. The van der Waals surface area contributed by atoms with E-state index in [1.54, 1.807) is 26.2 Å². The smallest absolute Gasteiger partial charge is 0.256 e. The summed E-state index contributed by atoms with van der Waals surface area (Å²) in [5.41, 5.74) is 4.76. The van der Waals surface area contributed by atoms with Gasteiger partial charge in [-0.25, -0.2) is 0 Å². The zero-order chi connectivity index (χ0) is 23.5. The van der Waals surface area contributed by atoms with Crippen LogP contribution in [0, 0.1) is 6.92 Å². The van der Waals surface area contributed by atoms with E-state index < -0.39 is 18.6 Å². The minimum absolute atomic E-state index is 0.0997. The molecule has 2 amide bonds. The molecule has 170 valence electrons. The fraction of sp³-hybridized carbons (Fsp3) is 0.200. The highest BCUT2D eigenvalue weighted by atomic mass is 16.5. The van der Waals surface area contributed by atoms with Crippen LogP contribution in [0.1, 0.15) is 27.3 Å². The minimum Gasteiger partial charge on any atom is -0.496 e. The molecule has 1 aromatic heterocycles. The molecule has 8 heteroatoms. The topological polar surface area (TPSA) is 124 Å². The van der Waals surface area contributed by atoms with Crippen LogP contribution < -0.4 is 15.4 Å². The Morgan fingerprint density at radius 1 is 1.15 bits per heavy atom. The molecule has 0 saturated heterocycles. The normalized spacial score (nSPS) is 14.7. The monoisotopic (exact) mass is 447 g/mol. The van der Waals surface area contributed by atoms with Gasteiger partial charge in [0.2, 0.25) is 0 Å². The Morgan fingerprint density at radius 3 is 2.58 bits per heavy atom. The van der Waals surface area contributed by atoms with Crippen LogP contribution in [-0.2, 0) is 4.79 Å². The standard InChI is InChI=1S/C25H25N3O5/c1-14-22(25(32)26-12-15(30)13-29)23(17-8-4-6-10-21(17)33-2)20(27-14)11-18-16-7-3-5-9-19(16)28-24(18)31/h3-11,15,27,29-30H,12-13H2,1-2H3,(H,26,32)(H,28,31)/b18-11-/t15-/m1/s1. The predicted octanol–water partition coefficient (Wildman–Crippen LogP) is 2.57. The number of ether oxygens (including phenoxy) is 1. The molecule has 1 aliphatic rings. The summed E-state index contributed by atoms with van der Waals surface area (Å²) in [6, 6.07) is 14.7. The summed E-state index contributed by atoms with van der Waals surface area (Å²) in [5, 5.41) is 24.3. The maximum absolute atomic E-state index is 13.1. The number of H-pyrrole nitrogens is 1. The van der Waals surface area contributed by atoms with Gasteiger partial charge < -0.3 is 30.6 Å². The number of benzene rings is 2. The van der Waals surface area contributed by atoms with E-state index >= 15 is 0 Å². The first-order valence-corrected chi connectivity index (χ1v) is 10.5. The number of amides is 2. The number of fused-ring (bicyclic) bond motifs is 1. The Labute approximate surface area is 190 Å². The molecule has 0 saturated carbocycles. The van der Waals surface area contributed by atoms with Gasteiger partial charge in [-0.2, -0.15) is 0 Å². The lowest BCUT2D eigenvalue weighted by atomic mass is 9.96. The number of anilines is 1. The van der Waals surface area contributed by atoms with Gasteiger partial charge in [0.1, 0.15) is 5.75 Å². The number of aliphatic hydroxyl groups is 2. The molecule has 1 atom stereocenters. The van der Waals surface area contributed by atoms with Crippen LogP contribution in [0.5, 0.6) is 5.75 Å². The summed E-state index contributed by atoms with van der Waals surface area (Å²) >= 11 is 0. The number of nitrogens with one attached hydrogen (secondary N) is 3. The Balaban J connectivity index is 1.88. The van der Waals surface area contributed by atoms with Gasteiger partial charge in [0.15, 0.2) is 0 Å². The molecule has 2 heterocycles. The van der Waals surface area contributed by atoms with Gasteiger partial charge in [-0.1, -0.05) is 36.4 Å². The molecule has 5 N–H and O–H groups in total. The predicted molar refractivity (Wildman–Crippen MR) is 126 cm³/mol. The summed E-state index contributed by atoms with van der Waals surface area (Å²) in [4.78, 5) is 29.1. The molecule has 1 aliphatic heterocycles. The lowest BCUT2D eigenvalue weighted by molar-refractivity contribution is -0.110. The lowest BCUT2D eigenvalue weighted by Crippen LogP contribution is -2.34. The van der Waals surface area contributed by atoms with Crippen LogP contribution >= 0.6 is 0 Å². The van der Waals surface area contributed by atoms with Crippen LogP contribution in [0.2, 0.25) is 0 Å². The van der Waals surface area contributed by atoms with Crippen molar-refractivity contribution in [2.24, 2.45) is 0 Å². The molecule has 0 aliphatic carbocycles. The van der Waals surface area contributed by atoms with E-state index in [0.717, 1.165) is 11.3 Å². The third-order valence-corrected chi connectivity index (χ3v) is 5.53. The van der Waals surface area contributed by atoms with Crippen molar-refractivity contribution < 1.29 is 24.5 Å². The second-order valence-corrected chi connectivity index (χ2v) is 7.72. The van der Waals surface area contributed by atoms with Crippen molar-refractivity contribution in [3.8, 4) is 16.9 Å². The second-order valence-electron chi connectivity index (χ2n) is 7.72. The Morgan fingerprint density at radius 2 is 1.85 bits per heavy atom. The van der Waals surface area contributed by atoms with Gasteiger partial charge in [0.25, 0.3) is 11.8 Å². The highest BCUT2D eigenvalue weighted by Gasteiger charge is 2.28. The minimum atomic E-state index is -1.07. The van der Waals surface area contributed by atoms with Crippen LogP contribution in [0.3, 0.4) is 0 Å². The van der Waals surface area contributed by atoms with Gasteiger partial charge in [-0.05, 0) is 25.1 Å². The molecule has 0 bridgehead atoms. The highest BCUT2D eigenvalue weighted by Crippen LogP contribution is 2.39. The zero-order valence-electron chi connectivity index (χ0n) is 18.3. The van der Waals surface area contributed by atoms with Crippen LogP contribution in [-0.4, -0.2) is 53.4 Å². The largest absolute Gasteiger partial charge is 0.496 e. The third-order valence-electron chi connectivity index (χ3n) is 5.53. The number of aliphatic hydroxyl groups excluding tert-OH is 2. The Bertz CT molecular complexity index is 1240. The van der Waals surface area contributed by atoms with Gasteiger partial charge >= 0.3 is 0 Å². The molecular weight excluding hydrogens is 422 g/mol. The van der Waals surface area contributed by atoms with E-state index in [0.29, 0.717) is 39.4 Å². The van der Waals surface area contributed by atoms with Crippen molar-refractivity contribution in [2.45, 2.75) is 13.0 Å². The van der Waals surface area contributed by atoms with E-state index in [2.05, 4.69) is 15.6 Å². The molecule has 0 radical (unpaired) electrons. The molecule has 33 heavy (non-hydrogen) atoms. The average Bonchev–Trinajstić information content (AvgIpc) is 3.33. The number of hydrogen-bond acceptors (Lipinski definition) is 5. The molecule has 0 fully saturated rings. The number of carbonyl (C=O) groups is 2. The quantitative estimate of drug-likeness (QED) is 0.356. The molecule has 2 aromatic carbocycles. The average molecular weight is 447 g/mol. The SMILES string of the molecule is COc1ccccc1-c1c(/C=C2\C(=O)Nc3ccccc32)[nH]c(C)c1C(=O)NC[C@@H](O)CO. The van der Waals surface area contributed by atoms with E-state index in [9.17, 15) is 14.7 Å². The first-order chi connectivity index (χ1) is 15.9. The number of aromatic nitrogens is 1. The summed E-state index contributed by atoms with van der Waals surface area (Å²) in [7, 11) is 1.55. The maximum Gasteiger partial charge on any atom is 0.256 e. The van der Waals surface area contributed by atoms with Crippen molar-refractivity contribution in [2.75, 3.05) is 25.6 Å². The first-order valence-electron chi connectivity index (χ1n) is 10.5. The fourth-order valence-corrected chi connectivity index (χ4v) is 3.96. The second kappa shape index (κ2) is 9.32. The van der Waals surface area contributed by atoms with Gasteiger partial charge in [-0.15, -0.1) is 0 Å². The van der Waals surface area contributed by atoms with E-state index in [4.69, 9.17) is 9.84 Å². The third kappa shape index (κ3) is 4.26. The summed E-state index contributed by atoms with van der Waals surface area (Å²) in [6.07, 6.45) is 0.665. The summed E-state index contributed by atoms with van der Waals surface area (Å²) in [5.74, 6) is -0.0820. The summed E-state index contributed by atoms with van der Waals surface area (Å²) < 4.78 is 5.54. The molecule has 0 unspecified atom stereocenters. The van der Waals surface area contributed by atoms with Gasteiger partial charge in [-0.3, -0.25) is 9.59 Å². The molecule has 0 spiro atoms. The van der Waals surface area contributed by atoms with Crippen LogP contribution in [0.4, 0.5) is 5.69 Å². The number of carbonyl (C=O) groups excluding carboxylic acids is 2. The fourth-order valence-electron chi connectivity index (χ4n) is 3.96. The maximum atomic E-state index is 13.1. The van der Waals surface area contributed by atoms with Crippen molar-refractivity contribution >= 4 is 29.2 Å². The Kier molecular flexibility index (Phi) is 6.30. The zero-order valence-corrected chi connectivity index (χ0v) is 18.3. The number of aryl methyl sites for hydroxylation is 1. The number of aromatic amines is 1. The molecule has 4 rings (SSSR count). The number of rotatable bonds is 7. The molecular formula is C25H25N3O5. The first kappa shape index (κ1) is 22.3. The number of para-hydroxylation sites is 2. The van der Waals surface area contributed by atoms with E-state index in [1.807, 2.05) is 42.5 Å². The van der Waals surface area contributed by atoms with Crippen LogP contribution in [0.15, 0.2) is 48.5 Å². The number of methoxy groups -OCH3 is 1. The lowest BCUT2D eigenvalue weighted by Gasteiger charge is -2.13. The Hall–Kier alpha value is -3.88.